The van der Waals surface area contributed by atoms with E-state index in [9.17, 15) is 0 Å². The van der Waals surface area contributed by atoms with Crippen LogP contribution in [0.25, 0.3) is 0 Å². The van der Waals surface area contributed by atoms with Gasteiger partial charge in [0.15, 0.2) is 11.6 Å². The average molecular weight is 256 g/mol. The van der Waals surface area contributed by atoms with Gasteiger partial charge in [-0.1, -0.05) is 0 Å². The van der Waals surface area contributed by atoms with Gasteiger partial charge in [-0.05, 0) is 34.6 Å². The standard InChI is InChI=1S/C13H20O5/c1-7-9(8-6-14-12(2,3)16-8)15-11-10(7)17-13(4,5)18-11/h8,10-11H,6H2,1-5H3/t8-,10-,11+/m0/s1. The summed E-state index contributed by atoms with van der Waals surface area (Å²) in [4.78, 5) is 0. The highest BCUT2D eigenvalue weighted by atomic mass is 16.8. The fourth-order valence-corrected chi connectivity index (χ4v) is 2.61. The van der Waals surface area contributed by atoms with E-state index in [0.29, 0.717) is 6.61 Å². The highest BCUT2D eigenvalue weighted by molar-refractivity contribution is 5.23. The van der Waals surface area contributed by atoms with Crippen molar-refractivity contribution >= 4 is 0 Å². The minimum atomic E-state index is -0.589. The molecule has 5 heteroatoms. The van der Waals surface area contributed by atoms with Gasteiger partial charge in [0.05, 0.1) is 6.61 Å². The molecule has 18 heavy (non-hydrogen) atoms. The van der Waals surface area contributed by atoms with Crippen molar-refractivity contribution in [1.29, 1.82) is 0 Å². The van der Waals surface area contributed by atoms with Crippen molar-refractivity contribution in [3.63, 3.8) is 0 Å². The van der Waals surface area contributed by atoms with Crippen LogP contribution in [0.4, 0.5) is 0 Å². The first-order chi connectivity index (χ1) is 8.27. The van der Waals surface area contributed by atoms with E-state index in [1.807, 2.05) is 34.6 Å². The van der Waals surface area contributed by atoms with Crippen LogP contribution in [0.2, 0.25) is 0 Å². The molecule has 0 aliphatic carbocycles. The van der Waals surface area contributed by atoms with E-state index in [-0.39, 0.29) is 18.5 Å². The van der Waals surface area contributed by atoms with Crippen LogP contribution in [-0.2, 0) is 23.7 Å². The summed E-state index contributed by atoms with van der Waals surface area (Å²) in [5, 5.41) is 0. The molecule has 2 fully saturated rings. The zero-order valence-electron chi connectivity index (χ0n) is 11.5. The molecule has 0 radical (unpaired) electrons. The smallest absolute Gasteiger partial charge is 0.232 e. The third-order valence-electron chi connectivity index (χ3n) is 3.42. The van der Waals surface area contributed by atoms with Crippen LogP contribution in [0.5, 0.6) is 0 Å². The predicted octanol–water partition coefficient (Wildman–Crippen LogP) is 1.92. The summed E-state index contributed by atoms with van der Waals surface area (Å²) in [6.07, 6.45) is -0.662. The lowest BCUT2D eigenvalue weighted by Gasteiger charge is -2.21. The van der Waals surface area contributed by atoms with Gasteiger partial charge >= 0.3 is 0 Å². The van der Waals surface area contributed by atoms with E-state index in [0.717, 1.165) is 11.3 Å². The summed E-state index contributed by atoms with van der Waals surface area (Å²) >= 11 is 0. The maximum absolute atomic E-state index is 5.84. The van der Waals surface area contributed by atoms with Crippen LogP contribution in [0.3, 0.4) is 0 Å². The van der Waals surface area contributed by atoms with E-state index in [1.165, 1.54) is 0 Å². The lowest BCUT2D eigenvalue weighted by molar-refractivity contribution is -0.188. The largest absolute Gasteiger partial charge is 0.463 e. The van der Waals surface area contributed by atoms with Gasteiger partial charge < -0.3 is 23.7 Å². The highest BCUT2D eigenvalue weighted by Crippen LogP contribution is 2.42. The van der Waals surface area contributed by atoms with Crippen LogP contribution in [-0.4, -0.2) is 36.7 Å². The Morgan fingerprint density at radius 1 is 1.00 bits per heavy atom. The van der Waals surface area contributed by atoms with E-state index in [4.69, 9.17) is 23.7 Å². The second kappa shape index (κ2) is 3.70. The molecule has 2 saturated heterocycles. The molecule has 0 spiro atoms. The molecule has 3 aliphatic rings. The first kappa shape index (κ1) is 12.4. The molecule has 3 rings (SSSR count). The summed E-state index contributed by atoms with van der Waals surface area (Å²) < 4.78 is 28.7. The first-order valence-corrected chi connectivity index (χ1v) is 6.32. The Kier molecular flexibility index (Phi) is 2.55. The summed E-state index contributed by atoms with van der Waals surface area (Å²) in [6.45, 7) is 10.1. The van der Waals surface area contributed by atoms with Crippen molar-refractivity contribution in [2.24, 2.45) is 0 Å². The Labute approximate surface area is 107 Å². The average Bonchev–Trinajstić information content (AvgIpc) is 2.81. The first-order valence-electron chi connectivity index (χ1n) is 6.32. The third-order valence-corrected chi connectivity index (χ3v) is 3.42. The normalized spacial score (nSPS) is 41.1. The number of hydrogen-bond acceptors (Lipinski definition) is 5. The molecule has 0 aromatic heterocycles. The number of hydrogen-bond donors (Lipinski definition) is 0. The molecule has 3 aliphatic heterocycles. The van der Waals surface area contributed by atoms with Gasteiger partial charge in [-0.25, -0.2) is 0 Å². The molecule has 0 bridgehead atoms. The molecule has 0 saturated carbocycles. The molecule has 0 N–H and O–H groups in total. The maximum Gasteiger partial charge on any atom is 0.232 e. The molecule has 0 aromatic rings. The fraction of sp³-hybridized carbons (Fsp3) is 0.846. The van der Waals surface area contributed by atoms with E-state index < -0.39 is 11.6 Å². The van der Waals surface area contributed by atoms with Crippen molar-refractivity contribution < 1.29 is 23.7 Å². The zero-order chi connectivity index (χ0) is 13.1. The van der Waals surface area contributed by atoms with Gasteiger partial charge in [0.1, 0.15) is 18.0 Å². The van der Waals surface area contributed by atoms with Crippen LogP contribution in [0, 0.1) is 0 Å². The van der Waals surface area contributed by atoms with Gasteiger partial charge in [-0.2, -0.15) is 0 Å². The van der Waals surface area contributed by atoms with Crippen molar-refractivity contribution in [2.45, 2.75) is 64.7 Å². The fourth-order valence-electron chi connectivity index (χ4n) is 2.61. The van der Waals surface area contributed by atoms with Crippen LogP contribution >= 0.6 is 0 Å². The minimum absolute atomic E-state index is 0.137. The molecule has 0 aromatic carbocycles. The number of fused-ring (bicyclic) bond motifs is 1. The monoisotopic (exact) mass is 256 g/mol. The minimum Gasteiger partial charge on any atom is -0.463 e. The van der Waals surface area contributed by atoms with Crippen molar-refractivity contribution in [3.05, 3.63) is 11.3 Å². The Bertz CT molecular complexity index is 398. The van der Waals surface area contributed by atoms with Gasteiger partial charge in [0, 0.05) is 5.57 Å². The Morgan fingerprint density at radius 3 is 2.28 bits per heavy atom. The lowest BCUT2D eigenvalue weighted by Crippen LogP contribution is -2.26. The SMILES string of the molecule is CC1=C([C@@H]2COC(C)(C)O2)O[C@@H]2OC(C)(C)O[C@@H]12. The van der Waals surface area contributed by atoms with Crippen molar-refractivity contribution in [2.75, 3.05) is 6.61 Å². The topological polar surface area (TPSA) is 46.2 Å². The Morgan fingerprint density at radius 2 is 1.72 bits per heavy atom. The molecule has 3 heterocycles. The maximum atomic E-state index is 5.84. The van der Waals surface area contributed by atoms with Crippen molar-refractivity contribution in [3.8, 4) is 0 Å². The Balaban J connectivity index is 1.78. The van der Waals surface area contributed by atoms with Gasteiger partial charge in [0.25, 0.3) is 0 Å². The van der Waals surface area contributed by atoms with E-state index in [2.05, 4.69) is 0 Å². The highest BCUT2D eigenvalue weighted by Gasteiger charge is 2.51. The lowest BCUT2D eigenvalue weighted by atomic mass is 10.1. The van der Waals surface area contributed by atoms with Gasteiger partial charge in [-0.3, -0.25) is 0 Å². The van der Waals surface area contributed by atoms with E-state index >= 15 is 0 Å². The molecular weight excluding hydrogens is 236 g/mol. The molecule has 5 nitrogen and oxygen atoms in total. The third kappa shape index (κ3) is 1.95. The van der Waals surface area contributed by atoms with Crippen LogP contribution < -0.4 is 0 Å². The summed E-state index contributed by atoms with van der Waals surface area (Å²) in [6, 6.07) is 0. The molecule has 0 unspecified atom stereocenters. The van der Waals surface area contributed by atoms with Gasteiger partial charge in [-0.15, -0.1) is 0 Å². The zero-order valence-corrected chi connectivity index (χ0v) is 11.5. The quantitative estimate of drug-likeness (QED) is 0.717. The van der Waals surface area contributed by atoms with Gasteiger partial charge in [0.2, 0.25) is 6.29 Å². The van der Waals surface area contributed by atoms with Crippen LogP contribution in [0.15, 0.2) is 11.3 Å². The summed E-state index contributed by atoms with van der Waals surface area (Å²) in [5.41, 5.74) is 1.04. The Hall–Kier alpha value is -0.620. The van der Waals surface area contributed by atoms with Crippen molar-refractivity contribution in [1.82, 2.24) is 0 Å². The molecular formula is C13H20O5. The van der Waals surface area contributed by atoms with E-state index in [1.54, 1.807) is 0 Å². The molecule has 102 valence electrons. The summed E-state index contributed by atoms with van der Waals surface area (Å²) in [7, 11) is 0. The second-order valence-corrected chi connectivity index (χ2v) is 5.91. The van der Waals surface area contributed by atoms with Crippen LogP contribution in [0.1, 0.15) is 34.6 Å². The molecule has 0 amide bonds. The number of rotatable bonds is 1. The predicted molar refractivity (Wildman–Crippen MR) is 62.5 cm³/mol. The summed E-state index contributed by atoms with van der Waals surface area (Å²) in [5.74, 6) is -0.347. The molecule has 3 atom stereocenters. The second-order valence-electron chi connectivity index (χ2n) is 5.91. The number of ether oxygens (including phenoxy) is 5.